The van der Waals surface area contributed by atoms with E-state index in [0.29, 0.717) is 34.9 Å². The van der Waals surface area contributed by atoms with Gasteiger partial charge in [0.2, 0.25) is 5.91 Å². The number of anilines is 1. The number of nitrogens with zero attached hydrogens (tertiary/aromatic N) is 3. The van der Waals surface area contributed by atoms with Crippen molar-refractivity contribution in [1.29, 1.82) is 0 Å². The number of nitrogens with one attached hydrogen (secondary N) is 1. The van der Waals surface area contributed by atoms with Gasteiger partial charge in [-0.05, 0) is 49.8 Å². The summed E-state index contributed by atoms with van der Waals surface area (Å²) in [5, 5.41) is 16.3. The summed E-state index contributed by atoms with van der Waals surface area (Å²) in [5.74, 6) is 0.962. The Morgan fingerprint density at radius 1 is 1.29 bits per heavy atom. The second-order valence-electron chi connectivity index (χ2n) is 8.12. The van der Waals surface area contributed by atoms with Crippen molar-refractivity contribution in [3.8, 4) is 0 Å². The molecule has 0 aromatic carbocycles. The predicted molar refractivity (Wildman–Crippen MR) is 128 cm³/mol. The molecule has 1 heterocycles. The lowest BCUT2D eigenvalue weighted by Crippen LogP contribution is -2.23. The van der Waals surface area contributed by atoms with Crippen LogP contribution in [0.2, 0.25) is 0 Å². The highest BCUT2D eigenvalue weighted by atomic mass is 16.5. The molecule has 9 nitrogen and oxygen atoms in total. The molecule has 9 heteroatoms. The van der Waals surface area contributed by atoms with Gasteiger partial charge in [0.25, 0.3) is 5.91 Å². The molecule has 2 amide bonds. The fourth-order valence-electron chi connectivity index (χ4n) is 3.18. The van der Waals surface area contributed by atoms with Gasteiger partial charge in [0, 0.05) is 50.6 Å². The summed E-state index contributed by atoms with van der Waals surface area (Å²) in [4.78, 5) is 26.6. The predicted octanol–water partition coefficient (Wildman–Crippen LogP) is 2.38. The zero-order chi connectivity index (χ0) is 24.7. The molecule has 2 N–H and O–H groups in total. The highest BCUT2D eigenvalue weighted by molar-refractivity contribution is 6.05. The van der Waals surface area contributed by atoms with Crippen LogP contribution in [0.5, 0.6) is 0 Å². The molecule has 2 aliphatic carbocycles. The van der Waals surface area contributed by atoms with Crippen LogP contribution >= 0.6 is 0 Å². The van der Waals surface area contributed by atoms with Gasteiger partial charge in [0.15, 0.2) is 5.82 Å². The Morgan fingerprint density at radius 2 is 2.09 bits per heavy atom. The van der Waals surface area contributed by atoms with Crippen molar-refractivity contribution in [3.05, 3.63) is 83.5 Å². The van der Waals surface area contributed by atoms with E-state index in [1.54, 1.807) is 87.5 Å². The molecule has 0 aliphatic heterocycles. The summed E-state index contributed by atoms with van der Waals surface area (Å²) in [6.07, 6.45) is 15.1. The number of aromatic nitrogens is 2. The highest BCUT2D eigenvalue weighted by Crippen LogP contribution is 2.21. The van der Waals surface area contributed by atoms with Crippen molar-refractivity contribution in [2.24, 2.45) is 7.05 Å². The first-order chi connectivity index (χ1) is 16.2. The lowest BCUT2D eigenvalue weighted by molar-refractivity contribution is -0.124. The number of allylic oxidation sites excluding steroid dienone is 5. The summed E-state index contributed by atoms with van der Waals surface area (Å²) in [7, 11) is 5.19. The maximum Gasteiger partial charge on any atom is 0.256 e. The summed E-state index contributed by atoms with van der Waals surface area (Å²) >= 11 is 0. The second kappa shape index (κ2) is 11.3. The fraction of sp³-hybridized carbons (Fsp3) is 0.320. The highest BCUT2D eigenvalue weighted by Gasteiger charge is 2.18. The molecule has 34 heavy (non-hydrogen) atoms. The summed E-state index contributed by atoms with van der Waals surface area (Å²) in [6.45, 7) is 1.54. The van der Waals surface area contributed by atoms with Gasteiger partial charge >= 0.3 is 0 Å². The Hall–Kier alpha value is -3.85. The Kier molecular flexibility index (Phi) is 8.26. The molecule has 0 saturated heterocycles. The van der Waals surface area contributed by atoms with Gasteiger partial charge in [-0.2, -0.15) is 5.10 Å². The lowest BCUT2D eigenvalue weighted by atomic mass is 10.1. The van der Waals surface area contributed by atoms with Crippen molar-refractivity contribution in [1.82, 2.24) is 14.7 Å². The van der Waals surface area contributed by atoms with Crippen molar-refractivity contribution in [2.75, 3.05) is 26.0 Å². The third kappa shape index (κ3) is 6.82. The van der Waals surface area contributed by atoms with Crippen molar-refractivity contribution in [3.63, 3.8) is 0 Å². The minimum Gasteiger partial charge on any atom is -0.488 e. The summed E-state index contributed by atoms with van der Waals surface area (Å²) in [5.41, 5.74) is 1.00. The smallest absolute Gasteiger partial charge is 0.256 e. The number of hydrogen-bond acceptors (Lipinski definition) is 6. The normalized spacial score (nSPS) is 18.4. The number of aliphatic hydroxyl groups is 1. The number of hydrogen-bond donors (Lipinski definition) is 2. The molecule has 0 fully saturated rings. The fourth-order valence-corrected chi connectivity index (χ4v) is 3.18. The number of aryl methyl sites for hydroxylation is 1. The maximum absolute atomic E-state index is 12.8. The molecular weight excluding hydrogens is 436 g/mol. The van der Waals surface area contributed by atoms with Gasteiger partial charge in [-0.15, -0.1) is 0 Å². The Balaban J connectivity index is 1.80. The molecule has 2 unspecified atom stereocenters. The number of ether oxygens (including phenoxy) is 2. The molecule has 0 radical (unpaired) electrons. The van der Waals surface area contributed by atoms with E-state index in [1.165, 1.54) is 4.90 Å². The zero-order valence-corrected chi connectivity index (χ0v) is 19.8. The SMILES string of the molecule is CC(CO)OC1=CC(OC2=CC=C(C(=O)N(C)C)CC=C2)C=CC(C(=O)Nc2ccn(C)n2)=C1. The van der Waals surface area contributed by atoms with E-state index in [4.69, 9.17) is 9.47 Å². The largest absolute Gasteiger partial charge is 0.488 e. The van der Waals surface area contributed by atoms with Gasteiger partial charge in [-0.1, -0.05) is 6.08 Å². The van der Waals surface area contributed by atoms with Gasteiger partial charge in [0.1, 0.15) is 23.7 Å². The molecule has 0 saturated carbocycles. The van der Waals surface area contributed by atoms with Gasteiger partial charge in [-0.25, -0.2) is 0 Å². The molecule has 0 bridgehead atoms. The zero-order valence-electron chi connectivity index (χ0n) is 19.8. The molecule has 3 rings (SSSR count). The van der Waals surface area contributed by atoms with Gasteiger partial charge in [0.05, 0.1) is 6.61 Å². The van der Waals surface area contributed by atoms with E-state index in [1.807, 2.05) is 6.08 Å². The molecule has 180 valence electrons. The Bertz CT molecular complexity index is 1100. The average Bonchev–Trinajstić information content (AvgIpc) is 2.98. The minimum atomic E-state index is -0.548. The van der Waals surface area contributed by atoms with Gasteiger partial charge in [-0.3, -0.25) is 14.3 Å². The molecule has 0 spiro atoms. The van der Waals surface area contributed by atoms with E-state index < -0.39 is 12.2 Å². The van der Waals surface area contributed by atoms with E-state index in [9.17, 15) is 14.7 Å². The number of carbonyl (C=O) groups is 2. The first-order valence-electron chi connectivity index (χ1n) is 10.9. The van der Waals surface area contributed by atoms with Crippen LogP contribution in [0.4, 0.5) is 5.82 Å². The number of carbonyl (C=O) groups excluding carboxylic acids is 2. The number of aliphatic hydroxyl groups excluding tert-OH is 1. The maximum atomic E-state index is 12.8. The second-order valence-corrected chi connectivity index (χ2v) is 8.12. The number of rotatable bonds is 8. The topological polar surface area (TPSA) is 106 Å². The van der Waals surface area contributed by atoms with E-state index >= 15 is 0 Å². The van der Waals surface area contributed by atoms with E-state index in [0.717, 1.165) is 0 Å². The average molecular weight is 467 g/mol. The summed E-state index contributed by atoms with van der Waals surface area (Å²) < 4.78 is 13.5. The van der Waals surface area contributed by atoms with Crippen LogP contribution in [0.3, 0.4) is 0 Å². The molecular formula is C25H30N4O5. The van der Waals surface area contributed by atoms with Crippen LogP contribution in [0.1, 0.15) is 13.3 Å². The van der Waals surface area contributed by atoms with Crippen molar-refractivity contribution < 1.29 is 24.2 Å². The standard InChI is InChI=1S/C25H30N4O5/c1-17(16-30)33-22-14-19(24(31)26-23-12-13-29(4)27-23)9-11-21(15-22)34-20-7-5-6-18(8-10-20)25(32)28(2)3/h5,7-15,17,21,30H,6,16H2,1-4H3,(H,26,27,31). The lowest BCUT2D eigenvalue weighted by Gasteiger charge is -2.16. The third-order valence-electron chi connectivity index (χ3n) is 4.93. The first-order valence-corrected chi connectivity index (χ1v) is 10.9. The number of amides is 2. The molecule has 1 aromatic heterocycles. The first kappa shape index (κ1) is 24.8. The van der Waals surface area contributed by atoms with E-state index in [-0.39, 0.29) is 18.4 Å². The quantitative estimate of drug-likeness (QED) is 0.609. The van der Waals surface area contributed by atoms with Crippen LogP contribution < -0.4 is 5.32 Å². The molecule has 2 aliphatic rings. The minimum absolute atomic E-state index is 0.0576. The van der Waals surface area contributed by atoms with E-state index in [2.05, 4.69) is 10.4 Å². The van der Waals surface area contributed by atoms with Crippen molar-refractivity contribution >= 4 is 17.6 Å². The molecule has 2 atom stereocenters. The number of likely N-dealkylation sites (N-methyl/N-ethyl adjacent to an activating group) is 1. The third-order valence-corrected chi connectivity index (χ3v) is 4.93. The van der Waals surface area contributed by atoms with Gasteiger partial charge < -0.3 is 24.8 Å². The van der Waals surface area contributed by atoms with Crippen LogP contribution in [0, 0.1) is 0 Å². The van der Waals surface area contributed by atoms with Crippen LogP contribution in [-0.4, -0.2) is 64.5 Å². The Morgan fingerprint density at radius 3 is 2.76 bits per heavy atom. The monoisotopic (exact) mass is 466 g/mol. The van der Waals surface area contributed by atoms with Crippen LogP contribution in [0.15, 0.2) is 83.5 Å². The van der Waals surface area contributed by atoms with Crippen LogP contribution in [0.25, 0.3) is 0 Å². The van der Waals surface area contributed by atoms with Crippen LogP contribution in [-0.2, 0) is 26.1 Å². The van der Waals surface area contributed by atoms with Crippen molar-refractivity contribution in [2.45, 2.75) is 25.6 Å². The molecule has 1 aromatic rings. The Labute approximate surface area is 199 Å². The summed E-state index contributed by atoms with van der Waals surface area (Å²) in [6, 6.07) is 1.69.